The third kappa shape index (κ3) is 6.62. The van der Waals surface area contributed by atoms with E-state index in [1.54, 1.807) is 18.0 Å². The number of rotatable bonds is 10. The van der Waals surface area contributed by atoms with Crippen molar-refractivity contribution in [3.8, 4) is 11.1 Å². The van der Waals surface area contributed by atoms with Gasteiger partial charge in [-0.3, -0.25) is 9.48 Å². The zero-order valence-electron chi connectivity index (χ0n) is 17.5. The van der Waals surface area contributed by atoms with Crippen molar-refractivity contribution in [3.05, 3.63) is 78.1 Å². The van der Waals surface area contributed by atoms with Crippen LogP contribution in [-0.4, -0.2) is 39.8 Å². The Bertz CT molecular complexity index is 989. The number of aromatic nitrogens is 2. The molecular weight excluding hydrogens is 410 g/mol. The molecule has 7 nitrogen and oxygen atoms in total. The number of carbonyl (C=O) groups is 2. The first-order valence-corrected chi connectivity index (χ1v) is 11.4. The van der Waals surface area contributed by atoms with Gasteiger partial charge in [-0.25, -0.2) is 4.79 Å². The van der Waals surface area contributed by atoms with Crippen molar-refractivity contribution in [1.82, 2.24) is 20.4 Å². The van der Waals surface area contributed by atoms with Crippen molar-refractivity contribution in [2.24, 2.45) is 5.73 Å². The number of primary amides is 1. The number of hydrogen-bond acceptors (Lipinski definition) is 4. The minimum Gasteiger partial charge on any atom is -0.352 e. The first kappa shape index (κ1) is 22.4. The van der Waals surface area contributed by atoms with E-state index in [2.05, 4.69) is 40.0 Å². The second-order valence-electron chi connectivity index (χ2n) is 7.12. The van der Waals surface area contributed by atoms with Gasteiger partial charge in [-0.05, 0) is 46.7 Å². The van der Waals surface area contributed by atoms with Crippen LogP contribution in [-0.2, 0) is 17.9 Å². The lowest BCUT2D eigenvalue weighted by molar-refractivity contribution is -0.123. The highest BCUT2D eigenvalue weighted by Gasteiger charge is 2.19. The zero-order valence-corrected chi connectivity index (χ0v) is 18.3. The SMILES string of the molecule is CSCCC(NC(N)=O)C(=O)NCc1ccccc1-c1ccc(Cn2cccn2)cc1. The van der Waals surface area contributed by atoms with E-state index in [0.29, 0.717) is 13.0 Å². The van der Waals surface area contributed by atoms with E-state index in [4.69, 9.17) is 5.73 Å². The molecule has 3 amide bonds. The van der Waals surface area contributed by atoms with Gasteiger partial charge in [0.05, 0.1) is 6.54 Å². The average Bonchev–Trinajstić information content (AvgIpc) is 3.28. The molecule has 0 aliphatic heterocycles. The molecule has 1 atom stereocenters. The molecule has 0 aliphatic rings. The minimum atomic E-state index is -0.697. The number of nitrogens with one attached hydrogen (secondary N) is 2. The van der Waals surface area contributed by atoms with Gasteiger partial charge in [-0.1, -0.05) is 48.5 Å². The summed E-state index contributed by atoms with van der Waals surface area (Å²) in [6.45, 7) is 1.08. The number of nitrogens with two attached hydrogens (primary N) is 1. The Kier molecular flexibility index (Phi) is 8.12. The van der Waals surface area contributed by atoms with E-state index in [1.807, 2.05) is 47.5 Å². The zero-order chi connectivity index (χ0) is 22.1. The van der Waals surface area contributed by atoms with Crippen LogP contribution in [0.1, 0.15) is 17.5 Å². The Morgan fingerprint density at radius 1 is 1.13 bits per heavy atom. The maximum Gasteiger partial charge on any atom is 0.312 e. The van der Waals surface area contributed by atoms with E-state index in [-0.39, 0.29) is 5.91 Å². The molecule has 2 aromatic carbocycles. The van der Waals surface area contributed by atoms with Gasteiger partial charge in [0.15, 0.2) is 0 Å². The summed E-state index contributed by atoms with van der Waals surface area (Å²) in [5.41, 5.74) is 9.51. The summed E-state index contributed by atoms with van der Waals surface area (Å²) in [6.07, 6.45) is 6.18. The summed E-state index contributed by atoms with van der Waals surface area (Å²) < 4.78 is 1.88. The lowest BCUT2D eigenvalue weighted by atomic mass is 9.98. The van der Waals surface area contributed by atoms with Crippen LogP contribution < -0.4 is 16.4 Å². The van der Waals surface area contributed by atoms with E-state index in [1.165, 1.54) is 0 Å². The molecular formula is C23H27N5O2S. The predicted octanol–water partition coefficient (Wildman–Crippen LogP) is 3.00. The van der Waals surface area contributed by atoms with Gasteiger partial charge in [0.2, 0.25) is 5.91 Å². The van der Waals surface area contributed by atoms with Crippen LogP contribution in [0.4, 0.5) is 4.79 Å². The molecule has 3 rings (SSSR count). The number of amides is 3. The third-order valence-corrected chi connectivity index (χ3v) is 5.53. The molecule has 0 radical (unpaired) electrons. The lowest BCUT2D eigenvalue weighted by Crippen LogP contribution is -2.48. The Morgan fingerprint density at radius 3 is 2.58 bits per heavy atom. The first-order valence-electron chi connectivity index (χ1n) is 10.0. The van der Waals surface area contributed by atoms with Crippen LogP contribution in [0.2, 0.25) is 0 Å². The molecule has 4 N–H and O–H groups in total. The summed E-state index contributed by atoms with van der Waals surface area (Å²) in [5.74, 6) is 0.511. The number of benzene rings is 2. The van der Waals surface area contributed by atoms with Crippen LogP contribution in [0, 0.1) is 0 Å². The van der Waals surface area contributed by atoms with Crippen molar-refractivity contribution in [3.63, 3.8) is 0 Å². The number of thioether (sulfide) groups is 1. The monoisotopic (exact) mass is 437 g/mol. The molecule has 162 valence electrons. The van der Waals surface area contributed by atoms with Gasteiger partial charge in [-0.2, -0.15) is 16.9 Å². The minimum absolute atomic E-state index is 0.239. The molecule has 0 spiro atoms. The first-order chi connectivity index (χ1) is 15.1. The lowest BCUT2D eigenvalue weighted by Gasteiger charge is -2.18. The number of nitrogens with zero attached hydrogens (tertiary/aromatic N) is 2. The molecule has 0 fully saturated rings. The van der Waals surface area contributed by atoms with Gasteiger partial charge in [-0.15, -0.1) is 0 Å². The Labute approximate surface area is 186 Å². The van der Waals surface area contributed by atoms with Crippen LogP contribution >= 0.6 is 11.8 Å². The summed E-state index contributed by atoms with van der Waals surface area (Å²) in [4.78, 5) is 23.8. The topological polar surface area (TPSA) is 102 Å². The van der Waals surface area contributed by atoms with Crippen LogP contribution in [0.15, 0.2) is 67.0 Å². The quantitative estimate of drug-likeness (QED) is 0.454. The van der Waals surface area contributed by atoms with Gasteiger partial charge >= 0.3 is 6.03 Å². The molecule has 1 unspecified atom stereocenters. The summed E-state index contributed by atoms with van der Waals surface area (Å²) in [7, 11) is 0. The summed E-state index contributed by atoms with van der Waals surface area (Å²) >= 11 is 1.61. The maximum absolute atomic E-state index is 12.6. The smallest absolute Gasteiger partial charge is 0.312 e. The predicted molar refractivity (Wildman–Crippen MR) is 125 cm³/mol. The van der Waals surface area contributed by atoms with Crippen LogP contribution in [0.5, 0.6) is 0 Å². The number of hydrogen-bond donors (Lipinski definition) is 3. The standard InChI is InChI=1S/C23H27N5O2S/c1-31-14-11-21(27-23(24)30)22(29)25-15-19-5-2-3-6-20(19)18-9-7-17(8-10-18)16-28-13-4-12-26-28/h2-10,12-13,21H,11,14-16H2,1H3,(H,25,29)(H3,24,27,30). The molecule has 1 heterocycles. The van der Waals surface area contributed by atoms with Gasteiger partial charge in [0, 0.05) is 18.9 Å². The largest absolute Gasteiger partial charge is 0.352 e. The van der Waals surface area contributed by atoms with Crippen molar-refractivity contribution in [2.75, 3.05) is 12.0 Å². The van der Waals surface area contributed by atoms with Gasteiger partial charge in [0.25, 0.3) is 0 Å². The molecule has 1 aromatic heterocycles. The Morgan fingerprint density at radius 2 is 1.90 bits per heavy atom. The fraction of sp³-hybridized carbons (Fsp3) is 0.261. The highest BCUT2D eigenvalue weighted by atomic mass is 32.2. The van der Waals surface area contributed by atoms with Crippen molar-refractivity contribution in [2.45, 2.75) is 25.6 Å². The molecule has 0 aliphatic carbocycles. The van der Waals surface area contributed by atoms with Crippen molar-refractivity contribution < 1.29 is 9.59 Å². The molecule has 3 aromatic rings. The number of urea groups is 1. The molecule has 0 saturated carbocycles. The normalized spacial score (nSPS) is 11.6. The average molecular weight is 438 g/mol. The second kappa shape index (κ2) is 11.2. The summed E-state index contributed by atoms with van der Waals surface area (Å²) in [6, 6.07) is 16.9. The molecule has 31 heavy (non-hydrogen) atoms. The molecule has 0 bridgehead atoms. The highest BCUT2D eigenvalue weighted by molar-refractivity contribution is 7.98. The highest BCUT2D eigenvalue weighted by Crippen LogP contribution is 2.24. The van der Waals surface area contributed by atoms with E-state index in [0.717, 1.165) is 34.6 Å². The van der Waals surface area contributed by atoms with Crippen molar-refractivity contribution in [1.29, 1.82) is 0 Å². The van der Waals surface area contributed by atoms with Gasteiger partial charge in [0.1, 0.15) is 6.04 Å². The maximum atomic E-state index is 12.6. The molecule has 0 saturated heterocycles. The van der Waals surface area contributed by atoms with E-state index in [9.17, 15) is 9.59 Å². The van der Waals surface area contributed by atoms with E-state index < -0.39 is 12.1 Å². The number of carbonyl (C=O) groups excluding carboxylic acids is 2. The Balaban J connectivity index is 1.68. The van der Waals surface area contributed by atoms with Gasteiger partial charge < -0.3 is 16.4 Å². The fourth-order valence-corrected chi connectivity index (χ4v) is 3.78. The molecule has 8 heteroatoms. The Hall–Kier alpha value is -3.26. The van der Waals surface area contributed by atoms with Crippen LogP contribution in [0.3, 0.4) is 0 Å². The third-order valence-electron chi connectivity index (χ3n) is 4.88. The second-order valence-corrected chi connectivity index (χ2v) is 8.10. The fourth-order valence-electron chi connectivity index (χ4n) is 3.31. The van der Waals surface area contributed by atoms with Crippen molar-refractivity contribution >= 4 is 23.7 Å². The summed E-state index contributed by atoms with van der Waals surface area (Å²) in [5, 5.41) is 9.70. The van der Waals surface area contributed by atoms with Crippen LogP contribution in [0.25, 0.3) is 11.1 Å². The van der Waals surface area contributed by atoms with E-state index >= 15 is 0 Å².